The lowest BCUT2D eigenvalue weighted by molar-refractivity contribution is -0.126. The fourth-order valence-corrected chi connectivity index (χ4v) is 5.42. The normalized spacial score (nSPS) is 23.1. The zero-order chi connectivity index (χ0) is 24.8. The van der Waals surface area contributed by atoms with E-state index in [1.807, 2.05) is 6.20 Å². The molecule has 2 aliphatic rings. The van der Waals surface area contributed by atoms with Gasteiger partial charge in [-0.15, -0.1) is 0 Å². The van der Waals surface area contributed by atoms with Crippen LogP contribution in [0.15, 0.2) is 6.20 Å². The van der Waals surface area contributed by atoms with Gasteiger partial charge in [0.15, 0.2) is 0 Å². The first-order valence-corrected chi connectivity index (χ1v) is 13.3. The summed E-state index contributed by atoms with van der Waals surface area (Å²) in [4.78, 5) is 33.6. The Balaban J connectivity index is 1.66. The molecule has 0 saturated carbocycles. The zero-order valence-electron chi connectivity index (χ0n) is 21.4. The van der Waals surface area contributed by atoms with Gasteiger partial charge in [0.1, 0.15) is 0 Å². The van der Waals surface area contributed by atoms with Crippen molar-refractivity contribution >= 4 is 18.1 Å². The summed E-state index contributed by atoms with van der Waals surface area (Å²) in [6, 6.07) is -0.161. The van der Waals surface area contributed by atoms with Crippen LogP contribution in [0.4, 0.5) is 0 Å². The van der Waals surface area contributed by atoms with Gasteiger partial charge in [-0.2, -0.15) is 5.10 Å². The minimum atomic E-state index is -0.228. The van der Waals surface area contributed by atoms with Crippen LogP contribution < -0.4 is 10.6 Å². The Bertz CT molecular complexity index is 1020. The third kappa shape index (κ3) is 6.37. The highest BCUT2D eigenvalue weighted by molar-refractivity contribution is 5.79. The van der Waals surface area contributed by atoms with Crippen LogP contribution in [0, 0.1) is 5.92 Å². The molecular weight excluding hydrogens is 444 g/mol. The number of carbonyl (C=O) groups is 2. The summed E-state index contributed by atoms with van der Waals surface area (Å²) in [5.41, 5.74) is 2.36. The molecule has 0 aliphatic carbocycles. The number of ether oxygens (including phenoxy) is 1. The SMILES string of the molecule is CCCCCCC(NC=O)c1cn2nc(C[C@H]3CCCNC3=O)c(C3CCOC(C)(C)C3)nc2n1. The molecule has 4 heterocycles. The first-order chi connectivity index (χ1) is 16.9. The van der Waals surface area contributed by atoms with Crippen LogP contribution in [0.5, 0.6) is 0 Å². The Hall–Kier alpha value is -2.55. The Morgan fingerprint density at radius 3 is 2.89 bits per heavy atom. The van der Waals surface area contributed by atoms with Crippen LogP contribution >= 0.6 is 0 Å². The number of hydrogen-bond donors (Lipinski definition) is 2. The number of aromatic nitrogens is 4. The van der Waals surface area contributed by atoms with Crippen LogP contribution in [-0.2, 0) is 20.7 Å². The summed E-state index contributed by atoms with van der Waals surface area (Å²) < 4.78 is 7.68. The van der Waals surface area contributed by atoms with E-state index in [-0.39, 0.29) is 29.4 Å². The van der Waals surface area contributed by atoms with Crippen LogP contribution in [0.1, 0.15) is 108 Å². The average Bonchev–Trinajstić information content (AvgIpc) is 3.24. The summed E-state index contributed by atoms with van der Waals surface area (Å²) in [6.45, 7) is 7.83. The Kier molecular flexibility index (Phi) is 8.36. The predicted molar refractivity (Wildman–Crippen MR) is 133 cm³/mol. The maximum Gasteiger partial charge on any atom is 0.251 e. The van der Waals surface area contributed by atoms with Gasteiger partial charge in [0.25, 0.3) is 5.78 Å². The number of piperidine rings is 1. The Morgan fingerprint density at radius 2 is 2.14 bits per heavy atom. The van der Waals surface area contributed by atoms with Gasteiger partial charge in [0, 0.05) is 31.4 Å². The molecule has 2 aliphatic heterocycles. The molecule has 4 rings (SSSR count). The van der Waals surface area contributed by atoms with Gasteiger partial charge >= 0.3 is 0 Å². The number of amides is 2. The van der Waals surface area contributed by atoms with E-state index >= 15 is 0 Å². The lowest BCUT2D eigenvalue weighted by Gasteiger charge is -2.35. The minimum Gasteiger partial charge on any atom is -0.376 e. The smallest absolute Gasteiger partial charge is 0.251 e. The Labute approximate surface area is 207 Å². The summed E-state index contributed by atoms with van der Waals surface area (Å²) in [7, 11) is 0. The lowest BCUT2D eigenvalue weighted by Crippen LogP contribution is -2.38. The van der Waals surface area contributed by atoms with Crippen LogP contribution in [0.3, 0.4) is 0 Å². The van der Waals surface area contributed by atoms with Gasteiger partial charge in [-0.05, 0) is 46.0 Å². The number of fused-ring (bicyclic) bond motifs is 1. The quantitative estimate of drug-likeness (QED) is 0.372. The second kappa shape index (κ2) is 11.5. The summed E-state index contributed by atoms with van der Waals surface area (Å²) in [5.74, 6) is 0.761. The van der Waals surface area contributed by atoms with Crippen molar-refractivity contribution in [2.75, 3.05) is 13.2 Å². The second-order valence-electron chi connectivity index (χ2n) is 10.7. The molecule has 2 aromatic rings. The molecule has 2 aromatic heterocycles. The van der Waals surface area contributed by atoms with Gasteiger partial charge in [0.2, 0.25) is 12.3 Å². The fourth-order valence-electron chi connectivity index (χ4n) is 5.42. The van der Waals surface area contributed by atoms with E-state index in [1.54, 1.807) is 4.52 Å². The zero-order valence-corrected chi connectivity index (χ0v) is 21.4. The highest BCUT2D eigenvalue weighted by Crippen LogP contribution is 2.37. The Morgan fingerprint density at radius 1 is 1.29 bits per heavy atom. The fraction of sp³-hybridized carbons (Fsp3) is 0.731. The first kappa shape index (κ1) is 25.5. The average molecular weight is 485 g/mol. The monoisotopic (exact) mass is 484 g/mol. The molecule has 2 N–H and O–H groups in total. The van der Waals surface area contributed by atoms with E-state index in [4.69, 9.17) is 19.8 Å². The molecule has 9 heteroatoms. The molecule has 2 amide bonds. The van der Waals surface area contributed by atoms with E-state index in [1.165, 1.54) is 12.8 Å². The van der Waals surface area contributed by atoms with Crippen molar-refractivity contribution < 1.29 is 14.3 Å². The molecule has 3 atom stereocenters. The second-order valence-corrected chi connectivity index (χ2v) is 10.7. The molecule has 2 saturated heterocycles. The van der Waals surface area contributed by atoms with E-state index in [0.717, 1.165) is 75.0 Å². The molecular formula is C26H40N6O3. The summed E-state index contributed by atoms with van der Waals surface area (Å²) in [5, 5.41) is 10.9. The van der Waals surface area contributed by atoms with Crippen LogP contribution in [0.25, 0.3) is 5.78 Å². The molecule has 35 heavy (non-hydrogen) atoms. The van der Waals surface area contributed by atoms with Crippen molar-refractivity contribution in [2.24, 2.45) is 5.92 Å². The number of hydrogen-bond acceptors (Lipinski definition) is 6. The standard InChI is InChI=1S/C26H40N6O3/c1-4-5-6-7-10-20(28-17-33)22-16-32-25(29-22)30-23(19-11-13-35-26(2,3)15-19)21(31-32)14-18-9-8-12-27-24(18)34/h16-20H,4-15H2,1-3H3,(H,27,34)(H,28,33)/t18-,19?,20?/m1/s1. The molecule has 2 fully saturated rings. The maximum absolute atomic E-state index is 12.5. The highest BCUT2D eigenvalue weighted by Gasteiger charge is 2.34. The lowest BCUT2D eigenvalue weighted by atomic mass is 9.83. The van der Waals surface area contributed by atoms with Crippen LogP contribution in [0.2, 0.25) is 0 Å². The number of unbranched alkanes of at least 4 members (excludes halogenated alkanes) is 3. The van der Waals surface area contributed by atoms with Gasteiger partial charge in [-0.1, -0.05) is 32.6 Å². The number of carbonyl (C=O) groups excluding carboxylic acids is 2. The molecule has 0 radical (unpaired) electrons. The first-order valence-electron chi connectivity index (χ1n) is 13.3. The number of imidazole rings is 1. The van der Waals surface area contributed by atoms with Crippen molar-refractivity contribution in [1.82, 2.24) is 30.2 Å². The highest BCUT2D eigenvalue weighted by atomic mass is 16.5. The largest absolute Gasteiger partial charge is 0.376 e. The van der Waals surface area contributed by atoms with Gasteiger partial charge in [-0.3, -0.25) is 9.59 Å². The van der Waals surface area contributed by atoms with Crippen molar-refractivity contribution in [2.45, 2.75) is 103 Å². The molecule has 0 aromatic carbocycles. The molecule has 9 nitrogen and oxygen atoms in total. The third-order valence-corrected chi connectivity index (χ3v) is 7.33. The van der Waals surface area contributed by atoms with Crippen molar-refractivity contribution in [3.63, 3.8) is 0 Å². The molecule has 192 valence electrons. The summed E-state index contributed by atoms with van der Waals surface area (Å²) in [6.07, 6.45) is 12.1. The topological polar surface area (TPSA) is 111 Å². The van der Waals surface area contributed by atoms with Gasteiger partial charge < -0.3 is 15.4 Å². The predicted octanol–water partition coefficient (Wildman–Crippen LogP) is 3.62. The van der Waals surface area contributed by atoms with Crippen LogP contribution in [-0.4, -0.2) is 50.7 Å². The molecule has 0 bridgehead atoms. The van der Waals surface area contributed by atoms with Gasteiger partial charge in [0.05, 0.1) is 34.9 Å². The number of nitrogens with zero attached hydrogens (tertiary/aromatic N) is 4. The molecule has 0 spiro atoms. The van der Waals surface area contributed by atoms with Crippen molar-refractivity contribution in [3.8, 4) is 0 Å². The van der Waals surface area contributed by atoms with E-state index in [9.17, 15) is 9.59 Å². The maximum atomic E-state index is 12.5. The third-order valence-electron chi connectivity index (χ3n) is 7.33. The summed E-state index contributed by atoms with van der Waals surface area (Å²) >= 11 is 0. The van der Waals surface area contributed by atoms with E-state index in [2.05, 4.69) is 31.4 Å². The van der Waals surface area contributed by atoms with Crippen molar-refractivity contribution in [3.05, 3.63) is 23.3 Å². The number of nitrogens with one attached hydrogen (secondary N) is 2. The van der Waals surface area contributed by atoms with Gasteiger partial charge in [-0.25, -0.2) is 14.5 Å². The minimum absolute atomic E-state index is 0.0897. The van der Waals surface area contributed by atoms with Crippen molar-refractivity contribution in [1.29, 1.82) is 0 Å². The van der Waals surface area contributed by atoms with E-state index < -0.39 is 0 Å². The van der Waals surface area contributed by atoms with E-state index in [0.29, 0.717) is 18.8 Å². The molecule has 2 unspecified atom stereocenters. The number of rotatable bonds is 11.